The Morgan fingerprint density at radius 1 is 1.16 bits per heavy atom. The Morgan fingerprint density at radius 2 is 1.79 bits per heavy atom. The molecule has 7 heteroatoms. The van der Waals surface area contributed by atoms with Crippen LogP contribution < -0.4 is 4.74 Å². The van der Waals surface area contributed by atoms with Gasteiger partial charge in [0, 0.05) is 15.0 Å². The number of ether oxygens (including phenoxy) is 1. The molecular weight excluding hydrogens is 384 g/mol. The predicted molar refractivity (Wildman–Crippen MR) is 72.5 cm³/mol. The second-order valence-electron chi connectivity index (χ2n) is 3.44. The summed E-state index contributed by atoms with van der Waals surface area (Å²) in [5.41, 5.74) is 0.231. The lowest BCUT2D eigenvalue weighted by molar-refractivity contribution is 0.0678. The minimum absolute atomic E-state index is 0.0430. The van der Waals surface area contributed by atoms with Crippen LogP contribution in [0.15, 0.2) is 43.9 Å². The first-order valence-corrected chi connectivity index (χ1v) is 6.55. The smallest absolute Gasteiger partial charge is 0.347 e. The zero-order valence-corrected chi connectivity index (χ0v) is 12.4. The van der Waals surface area contributed by atoms with Gasteiger partial charge in [0.25, 0.3) is 5.95 Å². The van der Waals surface area contributed by atoms with Crippen molar-refractivity contribution in [3.05, 3.63) is 50.6 Å². The van der Waals surface area contributed by atoms with E-state index in [1.807, 2.05) is 0 Å². The third kappa shape index (κ3) is 3.05. The number of benzene rings is 1. The molecule has 5 nitrogen and oxygen atoms in total. The van der Waals surface area contributed by atoms with E-state index in [1.54, 1.807) is 6.07 Å². The maximum Gasteiger partial charge on any atom is 0.347 e. The first kappa shape index (κ1) is 13.8. The standard InChI is InChI=1S/C12H6Br2O5/c13-8-5-7(9(14)4-6(8)11(15)16)12(17)19-10-2-1-3-18-10/h1-5H,(H,15,16). The number of furan rings is 1. The number of carboxylic acid groups (broad SMARTS) is 1. The normalized spacial score (nSPS) is 10.2. The Labute approximate surface area is 124 Å². The van der Waals surface area contributed by atoms with E-state index in [4.69, 9.17) is 14.3 Å². The average Bonchev–Trinajstić information content (AvgIpc) is 2.83. The molecule has 1 N–H and O–H groups in total. The van der Waals surface area contributed by atoms with Gasteiger partial charge in [-0.1, -0.05) is 0 Å². The lowest BCUT2D eigenvalue weighted by Crippen LogP contribution is -2.10. The number of aromatic carboxylic acids is 1. The lowest BCUT2D eigenvalue weighted by Gasteiger charge is -2.06. The third-order valence-electron chi connectivity index (χ3n) is 2.20. The first-order valence-electron chi connectivity index (χ1n) is 4.97. The summed E-state index contributed by atoms with van der Waals surface area (Å²) in [6.07, 6.45) is 1.38. The molecule has 0 unspecified atom stereocenters. The van der Waals surface area contributed by atoms with Crippen LogP contribution in [0.5, 0.6) is 5.95 Å². The maximum atomic E-state index is 11.9. The van der Waals surface area contributed by atoms with Crippen LogP contribution in [0.2, 0.25) is 0 Å². The van der Waals surface area contributed by atoms with E-state index < -0.39 is 11.9 Å². The van der Waals surface area contributed by atoms with E-state index in [0.29, 0.717) is 4.47 Å². The predicted octanol–water partition coefficient (Wildman–Crippen LogP) is 3.72. The molecule has 2 rings (SSSR count). The molecular formula is C12H6Br2O5. The van der Waals surface area contributed by atoms with Gasteiger partial charge in [0.2, 0.25) is 0 Å². The number of hydrogen-bond acceptors (Lipinski definition) is 4. The quantitative estimate of drug-likeness (QED) is 0.809. The molecule has 0 amide bonds. The van der Waals surface area contributed by atoms with Crippen LogP contribution in [0.25, 0.3) is 0 Å². The molecule has 19 heavy (non-hydrogen) atoms. The minimum Gasteiger partial charge on any atom is -0.478 e. The van der Waals surface area contributed by atoms with Crippen LogP contribution in [-0.4, -0.2) is 17.0 Å². The molecule has 0 aliphatic heterocycles. The fraction of sp³-hybridized carbons (Fsp3) is 0. The highest BCUT2D eigenvalue weighted by atomic mass is 79.9. The molecule has 0 atom stereocenters. The maximum absolute atomic E-state index is 11.9. The average molecular weight is 390 g/mol. The van der Waals surface area contributed by atoms with Crippen LogP contribution in [0.3, 0.4) is 0 Å². The molecule has 98 valence electrons. The van der Waals surface area contributed by atoms with Crippen molar-refractivity contribution in [2.75, 3.05) is 0 Å². The lowest BCUT2D eigenvalue weighted by atomic mass is 10.1. The summed E-state index contributed by atoms with van der Waals surface area (Å²) in [5.74, 6) is -1.69. The van der Waals surface area contributed by atoms with Crippen LogP contribution in [0.4, 0.5) is 0 Å². The zero-order valence-electron chi connectivity index (χ0n) is 9.22. The Bertz CT molecular complexity index is 634. The van der Waals surface area contributed by atoms with Gasteiger partial charge < -0.3 is 14.3 Å². The van der Waals surface area contributed by atoms with Crippen molar-refractivity contribution in [1.29, 1.82) is 0 Å². The van der Waals surface area contributed by atoms with E-state index in [-0.39, 0.29) is 21.5 Å². The van der Waals surface area contributed by atoms with Gasteiger partial charge in [-0.25, -0.2) is 9.59 Å². The molecule has 0 saturated carbocycles. The van der Waals surface area contributed by atoms with Gasteiger partial charge in [-0.2, -0.15) is 0 Å². The topological polar surface area (TPSA) is 76.7 Å². The number of carbonyl (C=O) groups is 2. The molecule has 1 heterocycles. The largest absolute Gasteiger partial charge is 0.478 e. The second-order valence-corrected chi connectivity index (χ2v) is 5.15. The van der Waals surface area contributed by atoms with Gasteiger partial charge in [-0.3, -0.25) is 0 Å². The van der Waals surface area contributed by atoms with Crippen molar-refractivity contribution >= 4 is 43.8 Å². The Kier molecular flexibility index (Phi) is 4.06. The van der Waals surface area contributed by atoms with Crippen molar-refractivity contribution in [3.63, 3.8) is 0 Å². The van der Waals surface area contributed by atoms with Gasteiger partial charge in [0.05, 0.1) is 17.4 Å². The SMILES string of the molecule is O=C(O)c1cc(Br)c(C(=O)Oc2ccco2)cc1Br. The Hall–Kier alpha value is -1.60. The van der Waals surface area contributed by atoms with Crippen molar-refractivity contribution in [3.8, 4) is 5.95 Å². The summed E-state index contributed by atoms with van der Waals surface area (Å²) in [6, 6.07) is 5.78. The molecule has 0 radical (unpaired) electrons. The third-order valence-corrected chi connectivity index (χ3v) is 3.51. The van der Waals surface area contributed by atoms with E-state index in [0.717, 1.165) is 0 Å². The van der Waals surface area contributed by atoms with Crippen molar-refractivity contribution in [2.24, 2.45) is 0 Å². The number of esters is 1. The number of hydrogen-bond donors (Lipinski definition) is 1. The van der Waals surface area contributed by atoms with Crippen LogP contribution in [0.1, 0.15) is 20.7 Å². The molecule has 0 bridgehead atoms. The highest BCUT2D eigenvalue weighted by molar-refractivity contribution is 9.11. The number of carboxylic acids is 1. The summed E-state index contributed by atoms with van der Waals surface area (Å²) in [7, 11) is 0. The minimum atomic E-state index is -1.10. The van der Waals surface area contributed by atoms with Gasteiger partial charge in [0.1, 0.15) is 0 Å². The Balaban J connectivity index is 2.32. The summed E-state index contributed by atoms with van der Waals surface area (Å²) in [5, 5.41) is 8.95. The van der Waals surface area contributed by atoms with Gasteiger partial charge in [0.15, 0.2) is 0 Å². The molecule has 0 saturated heterocycles. The molecule has 0 aliphatic rings. The van der Waals surface area contributed by atoms with Crippen LogP contribution >= 0.6 is 31.9 Å². The van der Waals surface area contributed by atoms with Crippen molar-refractivity contribution in [2.45, 2.75) is 0 Å². The molecule has 0 spiro atoms. The van der Waals surface area contributed by atoms with Gasteiger partial charge in [-0.05, 0) is 50.1 Å². The van der Waals surface area contributed by atoms with E-state index in [9.17, 15) is 9.59 Å². The fourth-order valence-corrected chi connectivity index (χ4v) is 2.35. The monoisotopic (exact) mass is 388 g/mol. The van der Waals surface area contributed by atoms with Crippen molar-refractivity contribution in [1.82, 2.24) is 0 Å². The van der Waals surface area contributed by atoms with E-state index >= 15 is 0 Å². The van der Waals surface area contributed by atoms with E-state index in [1.165, 1.54) is 24.5 Å². The number of halogens is 2. The molecule has 0 aliphatic carbocycles. The number of carbonyl (C=O) groups excluding carboxylic acids is 1. The molecule has 0 fully saturated rings. The highest BCUT2D eigenvalue weighted by Gasteiger charge is 2.18. The van der Waals surface area contributed by atoms with Gasteiger partial charge >= 0.3 is 11.9 Å². The Morgan fingerprint density at radius 3 is 2.37 bits per heavy atom. The molecule has 1 aromatic heterocycles. The number of rotatable bonds is 3. The molecule has 1 aromatic carbocycles. The zero-order chi connectivity index (χ0) is 14.0. The summed E-state index contributed by atoms with van der Waals surface area (Å²) in [6.45, 7) is 0. The summed E-state index contributed by atoms with van der Waals surface area (Å²) < 4.78 is 10.5. The van der Waals surface area contributed by atoms with Crippen LogP contribution in [-0.2, 0) is 0 Å². The highest BCUT2D eigenvalue weighted by Crippen LogP contribution is 2.27. The van der Waals surface area contributed by atoms with E-state index in [2.05, 4.69) is 31.9 Å². The molecule has 2 aromatic rings. The first-order chi connectivity index (χ1) is 8.99. The summed E-state index contributed by atoms with van der Waals surface area (Å²) >= 11 is 6.23. The van der Waals surface area contributed by atoms with Gasteiger partial charge in [-0.15, -0.1) is 0 Å². The van der Waals surface area contributed by atoms with Crippen molar-refractivity contribution < 1.29 is 23.8 Å². The summed E-state index contributed by atoms with van der Waals surface area (Å²) in [4.78, 5) is 22.8. The van der Waals surface area contributed by atoms with Crippen LogP contribution in [0, 0.1) is 0 Å². The second kappa shape index (κ2) is 5.58. The fourth-order valence-electron chi connectivity index (χ4n) is 1.34.